The lowest BCUT2D eigenvalue weighted by Gasteiger charge is -2.44. The van der Waals surface area contributed by atoms with E-state index in [0.717, 1.165) is 18.2 Å². The van der Waals surface area contributed by atoms with Gasteiger partial charge in [0.2, 0.25) is 5.91 Å². The Labute approximate surface area is 290 Å². The Kier molecular flexibility index (Phi) is 9.92. The average molecular weight is 715 g/mol. The van der Waals surface area contributed by atoms with E-state index < -0.39 is 34.8 Å². The van der Waals surface area contributed by atoms with Crippen LogP contribution < -0.4 is 20.8 Å². The summed E-state index contributed by atoms with van der Waals surface area (Å²) in [6.45, 7) is 11.6. The lowest BCUT2D eigenvalue weighted by Crippen LogP contribution is -2.58. The second-order valence-corrected chi connectivity index (χ2v) is 12.9. The van der Waals surface area contributed by atoms with Gasteiger partial charge in [-0.3, -0.25) is 14.6 Å². The summed E-state index contributed by atoms with van der Waals surface area (Å²) >= 11 is 6.79. The number of piperazine rings is 1. The summed E-state index contributed by atoms with van der Waals surface area (Å²) in [5.74, 6) is -3.61. The lowest BCUT2D eigenvalue weighted by molar-refractivity contribution is -0.167. The normalized spacial score (nSPS) is 16.6. The van der Waals surface area contributed by atoms with Crippen LogP contribution in [0.15, 0.2) is 54.0 Å². The Hall–Kier alpha value is -5.05. The molecule has 1 fully saturated rings. The Bertz CT molecular complexity index is 2040. The third-order valence-electron chi connectivity index (χ3n) is 8.46. The van der Waals surface area contributed by atoms with Gasteiger partial charge in [0.1, 0.15) is 11.6 Å². The molecule has 264 valence electrons. The van der Waals surface area contributed by atoms with Gasteiger partial charge in [-0.15, -0.1) is 0 Å². The number of nitrogens with zero attached hydrogens (tertiary/aromatic N) is 7. The molecule has 0 radical (unpaired) electrons. The minimum atomic E-state index is -5.27. The smallest absolute Gasteiger partial charge is 0.376 e. The summed E-state index contributed by atoms with van der Waals surface area (Å²) in [5, 5.41) is 1.79. The molecule has 2 amide bonds. The number of carbonyl (C=O) groups is 2. The van der Waals surface area contributed by atoms with Crippen LogP contribution >= 0.6 is 11.6 Å². The first kappa shape index (κ1) is 36.2. The van der Waals surface area contributed by atoms with E-state index >= 15 is 4.39 Å². The van der Waals surface area contributed by atoms with Crippen molar-refractivity contribution >= 4 is 51.6 Å². The summed E-state index contributed by atoms with van der Waals surface area (Å²) in [6.07, 6.45) is -2.44. The minimum absolute atomic E-state index is 0.0433. The molecule has 1 N–H and O–H groups in total. The highest BCUT2D eigenvalue weighted by Gasteiger charge is 2.39. The summed E-state index contributed by atoms with van der Waals surface area (Å²) < 4.78 is 56.7. The van der Waals surface area contributed by atoms with Crippen molar-refractivity contribution < 1.29 is 27.2 Å². The quantitative estimate of drug-likeness (QED) is 0.185. The molecular weight excluding hydrogens is 680 g/mol. The molecule has 1 saturated heterocycles. The van der Waals surface area contributed by atoms with Crippen molar-refractivity contribution in [3.63, 3.8) is 0 Å². The fourth-order valence-electron chi connectivity index (χ4n) is 6.08. The summed E-state index contributed by atoms with van der Waals surface area (Å²) in [4.78, 5) is 57.9. The van der Waals surface area contributed by atoms with Crippen molar-refractivity contribution in [1.29, 1.82) is 0 Å². The molecule has 0 aliphatic carbocycles. The van der Waals surface area contributed by atoms with Gasteiger partial charge in [-0.1, -0.05) is 38.1 Å². The molecule has 11 nitrogen and oxygen atoms in total. The highest BCUT2D eigenvalue weighted by Crippen LogP contribution is 2.40. The summed E-state index contributed by atoms with van der Waals surface area (Å²) in [5.41, 5.74) is -0.775. The summed E-state index contributed by atoms with van der Waals surface area (Å²) in [6, 6.07) is 5.65. The molecule has 50 heavy (non-hydrogen) atoms. The summed E-state index contributed by atoms with van der Waals surface area (Å²) in [7, 11) is 3.55. The van der Waals surface area contributed by atoms with Crippen molar-refractivity contribution in [2.45, 2.75) is 51.9 Å². The van der Waals surface area contributed by atoms with Crippen molar-refractivity contribution in [3.05, 3.63) is 76.2 Å². The number of hydrogen-bond donors (Lipinski definition) is 1. The third kappa shape index (κ3) is 6.61. The minimum Gasteiger partial charge on any atom is -0.376 e. The molecule has 16 heteroatoms. The number of alkyl halides is 3. The van der Waals surface area contributed by atoms with Gasteiger partial charge in [-0.2, -0.15) is 18.2 Å². The fourth-order valence-corrected chi connectivity index (χ4v) is 6.33. The molecule has 1 aromatic carbocycles. The van der Waals surface area contributed by atoms with Crippen LogP contribution in [0.4, 0.5) is 34.8 Å². The lowest BCUT2D eigenvalue weighted by atomic mass is 10.0. The second kappa shape index (κ2) is 13.7. The molecule has 0 spiro atoms. The maximum Gasteiger partial charge on any atom is 0.471 e. The number of amides is 2. The molecule has 0 saturated carbocycles. The van der Waals surface area contributed by atoms with Crippen molar-refractivity contribution in [2.24, 2.45) is 0 Å². The van der Waals surface area contributed by atoms with E-state index in [-0.39, 0.29) is 64.6 Å². The van der Waals surface area contributed by atoms with Gasteiger partial charge in [-0.25, -0.2) is 18.7 Å². The topological polar surface area (TPSA) is 117 Å². The molecule has 0 bridgehead atoms. The van der Waals surface area contributed by atoms with Crippen molar-refractivity contribution in [3.8, 4) is 16.9 Å². The molecule has 3 aromatic heterocycles. The van der Waals surface area contributed by atoms with Crippen molar-refractivity contribution in [1.82, 2.24) is 24.4 Å². The van der Waals surface area contributed by atoms with Crippen LogP contribution in [0.5, 0.6) is 0 Å². The van der Waals surface area contributed by atoms with Gasteiger partial charge in [0, 0.05) is 45.5 Å². The zero-order valence-electron chi connectivity index (χ0n) is 28.1. The molecule has 4 aromatic rings. The number of nitrogens with one attached hydrogen (secondary N) is 1. The zero-order valence-corrected chi connectivity index (χ0v) is 28.9. The first-order valence-corrected chi connectivity index (χ1v) is 16.0. The van der Waals surface area contributed by atoms with Crippen LogP contribution in [0.1, 0.15) is 39.3 Å². The maximum absolute atomic E-state index is 15.6. The number of anilines is 3. The van der Waals surface area contributed by atoms with Crippen LogP contribution in [-0.2, 0) is 9.59 Å². The van der Waals surface area contributed by atoms with E-state index in [4.69, 9.17) is 16.6 Å². The predicted molar refractivity (Wildman–Crippen MR) is 185 cm³/mol. The number of fused-ring (bicyclic) bond motifs is 1. The standard InChI is InChI=1S/C34H35ClF4N8O3/c1-8-25(48)45-15-19(5)46(16-18(45)4)30-20-14-21(35)28(26-22(36)10-9-11-23(26)41-32(49)34(37,38)39)42-31(20)47(33(50)43-30)29-24(44(6)7)12-13-40-27(29)17(2)3/h8-14,17-19H,1,15-16H2,2-7H3,(H,41,49). The van der Waals surface area contributed by atoms with E-state index in [9.17, 15) is 27.6 Å². The Morgan fingerprint density at radius 2 is 1.82 bits per heavy atom. The van der Waals surface area contributed by atoms with Gasteiger partial charge >= 0.3 is 17.8 Å². The number of carbonyl (C=O) groups excluding carboxylic acids is 2. The van der Waals surface area contributed by atoms with Crippen LogP contribution in [0.2, 0.25) is 5.02 Å². The van der Waals surface area contributed by atoms with Gasteiger partial charge < -0.3 is 20.0 Å². The van der Waals surface area contributed by atoms with E-state index in [1.54, 1.807) is 41.5 Å². The van der Waals surface area contributed by atoms with Gasteiger partial charge in [-0.05, 0) is 50.1 Å². The van der Waals surface area contributed by atoms with Crippen LogP contribution in [-0.4, -0.2) is 81.7 Å². The van der Waals surface area contributed by atoms with Crippen molar-refractivity contribution in [2.75, 3.05) is 42.3 Å². The molecule has 2 unspecified atom stereocenters. The van der Waals surface area contributed by atoms with E-state index in [1.165, 1.54) is 16.7 Å². The second-order valence-electron chi connectivity index (χ2n) is 12.5. The number of rotatable bonds is 7. The van der Waals surface area contributed by atoms with Crippen LogP contribution in [0.3, 0.4) is 0 Å². The zero-order chi connectivity index (χ0) is 36.8. The number of halogens is 5. The number of aromatic nitrogens is 4. The third-order valence-corrected chi connectivity index (χ3v) is 8.74. The highest BCUT2D eigenvalue weighted by molar-refractivity contribution is 6.34. The predicted octanol–water partition coefficient (Wildman–Crippen LogP) is 5.94. The molecule has 1 aliphatic heterocycles. The fraction of sp³-hybridized carbons (Fsp3) is 0.353. The first-order chi connectivity index (χ1) is 23.5. The molecule has 2 atom stereocenters. The molecular formula is C34H35ClF4N8O3. The largest absolute Gasteiger partial charge is 0.471 e. The number of benzene rings is 1. The van der Waals surface area contributed by atoms with Crippen LogP contribution in [0, 0.1) is 5.82 Å². The van der Waals surface area contributed by atoms with Gasteiger partial charge in [0.25, 0.3) is 0 Å². The van der Waals surface area contributed by atoms with Gasteiger partial charge in [0.15, 0.2) is 5.65 Å². The van der Waals surface area contributed by atoms with Gasteiger partial charge in [0.05, 0.1) is 44.4 Å². The highest BCUT2D eigenvalue weighted by atomic mass is 35.5. The molecule has 1 aliphatic rings. The SMILES string of the molecule is C=CC(=O)N1CC(C)N(c2nc(=O)n(-c3c(N(C)C)ccnc3C(C)C)c3nc(-c4c(F)cccc4NC(=O)C(F)(F)F)c(Cl)cc23)CC1C. The first-order valence-electron chi connectivity index (χ1n) is 15.6. The molecule has 5 rings (SSSR count). The average Bonchev–Trinajstić information content (AvgIpc) is 3.04. The van der Waals surface area contributed by atoms with Crippen LogP contribution in [0.25, 0.3) is 28.0 Å². The number of hydrogen-bond acceptors (Lipinski definition) is 8. The number of pyridine rings is 2. The van der Waals surface area contributed by atoms with E-state index in [1.807, 2.05) is 32.6 Å². The van der Waals surface area contributed by atoms with E-state index in [2.05, 4.69) is 16.5 Å². The Morgan fingerprint density at radius 3 is 2.44 bits per heavy atom. The van der Waals surface area contributed by atoms with E-state index in [0.29, 0.717) is 17.1 Å². The Morgan fingerprint density at radius 1 is 1.12 bits per heavy atom. The maximum atomic E-state index is 15.6. The Balaban J connectivity index is 1.87. The monoisotopic (exact) mass is 714 g/mol. The molecule has 4 heterocycles.